The van der Waals surface area contributed by atoms with Crippen LogP contribution in [0.4, 0.5) is 10.1 Å². The number of esters is 1. The number of nitrogens with one attached hydrogen (secondary N) is 1. The number of hydrogen-bond acceptors (Lipinski definition) is 4. The quantitative estimate of drug-likeness (QED) is 0.227. The predicted molar refractivity (Wildman–Crippen MR) is 150 cm³/mol. The molecule has 194 valence electrons. The summed E-state index contributed by atoms with van der Waals surface area (Å²) in [6, 6.07) is 27.3. The molecule has 0 saturated heterocycles. The normalized spacial score (nSPS) is 10.8. The summed E-state index contributed by atoms with van der Waals surface area (Å²) in [4.78, 5) is 24.8. The van der Waals surface area contributed by atoms with Crippen LogP contribution < -0.4 is 10.1 Å². The molecule has 5 aromatic rings. The SMILES string of the molecule is CC(=O)Oc1c(-c2ccc(NC(=O)c3ccc(Cl)cc3)cc2)c(-c2cccc(F)c2)nn1-c1ccc(C)cc1. The second-order valence-electron chi connectivity index (χ2n) is 8.92. The zero-order chi connectivity index (χ0) is 27.5. The molecule has 0 bridgehead atoms. The number of carbonyl (C=O) groups is 2. The number of aryl methyl sites for hydroxylation is 1. The minimum atomic E-state index is -0.526. The fourth-order valence-electron chi connectivity index (χ4n) is 4.12. The van der Waals surface area contributed by atoms with Gasteiger partial charge in [-0.1, -0.05) is 53.6 Å². The van der Waals surface area contributed by atoms with Crippen LogP contribution in [0.2, 0.25) is 5.02 Å². The molecule has 0 aliphatic carbocycles. The number of benzene rings is 4. The topological polar surface area (TPSA) is 73.2 Å². The molecule has 8 heteroatoms. The molecule has 0 aliphatic rings. The van der Waals surface area contributed by atoms with Gasteiger partial charge in [-0.3, -0.25) is 9.59 Å². The highest BCUT2D eigenvalue weighted by Crippen LogP contribution is 2.41. The summed E-state index contributed by atoms with van der Waals surface area (Å²) in [5.41, 5.74) is 4.88. The number of aromatic nitrogens is 2. The summed E-state index contributed by atoms with van der Waals surface area (Å²) in [5.74, 6) is -1.03. The first-order valence-electron chi connectivity index (χ1n) is 12.1. The van der Waals surface area contributed by atoms with Crippen LogP contribution in [0.15, 0.2) is 97.1 Å². The summed E-state index contributed by atoms with van der Waals surface area (Å²) >= 11 is 5.92. The lowest BCUT2D eigenvalue weighted by Gasteiger charge is -2.11. The van der Waals surface area contributed by atoms with Crippen LogP contribution in [0.5, 0.6) is 5.88 Å². The van der Waals surface area contributed by atoms with Gasteiger partial charge in [0.05, 0.1) is 11.3 Å². The zero-order valence-corrected chi connectivity index (χ0v) is 21.9. The first kappa shape index (κ1) is 25.9. The molecule has 0 atom stereocenters. The van der Waals surface area contributed by atoms with Crippen LogP contribution in [0.3, 0.4) is 0 Å². The molecule has 5 rings (SSSR count). The van der Waals surface area contributed by atoms with Crippen LogP contribution in [0.25, 0.3) is 28.1 Å². The molecule has 1 heterocycles. The van der Waals surface area contributed by atoms with E-state index in [4.69, 9.17) is 21.4 Å². The van der Waals surface area contributed by atoms with Crippen molar-refractivity contribution in [1.29, 1.82) is 0 Å². The van der Waals surface area contributed by atoms with Gasteiger partial charge in [-0.25, -0.2) is 4.39 Å². The van der Waals surface area contributed by atoms with Gasteiger partial charge in [0.25, 0.3) is 5.91 Å². The molecule has 0 spiro atoms. The monoisotopic (exact) mass is 539 g/mol. The second-order valence-corrected chi connectivity index (χ2v) is 9.35. The molecule has 0 radical (unpaired) electrons. The number of anilines is 1. The summed E-state index contributed by atoms with van der Waals surface area (Å²) in [6.07, 6.45) is 0. The van der Waals surface area contributed by atoms with Crippen LogP contribution in [-0.4, -0.2) is 21.7 Å². The van der Waals surface area contributed by atoms with Gasteiger partial charge in [0.1, 0.15) is 11.5 Å². The van der Waals surface area contributed by atoms with Crippen molar-refractivity contribution >= 4 is 29.2 Å². The minimum absolute atomic E-state index is 0.198. The fraction of sp³-hybridized carbons (Fsp3) is 0.0645. The van der Waals surface area contributed by atoms with Gasteiger partial charge in [0.15, 0.2) is 0 Å². The molecule has 0 aliphatic heterocycles. The van der Waals surface area contributed by atoms with Crippen molar-refractivity contribution < 1.29 is 18.7 Å². The van der Waals surface area contributed by atoms with E-state index in [0.29, 0.717) is 44.3 Å². The molecule has 1 amide bonds. The number of halogens is 2. The standard InChI is InChI=1S/C31H23ClFN3O3/c1-19-6-16-27(17-7-19)36-31(39-20(2)37)28(29(35-36)23-4-3-5-25(33)18-23)21-10-14-26(15-11-21)34-30(38)22-8-12-24(32)13-9-22/h3-18H,1-2H3,(H,34,38). The fourth-order valence-corrected chi connectivity index (χ4v) is 4.24. The number of rotatable bonds is 6. The van der Waals surface area contributed by atoms with Crippen molar-refractivity contribution in [3.05, 3.63) is 119 Å². The molecular weight excluding hydrogens is 517 g/mol. The maximum Gasteiger partial charge on any atom is 0.309 e. The minimum Gasteiger partial charge on any atom is -0.407 e. The molecule has 0 unspecified atom stereocenters. The number of hydrogen-bond donors (Lipinski definition) is 1. The number of amides is 1. The van der Waals surface area contributed by atoms with Crippen molar-refractivity contribution in [3.8, 4) is 34.0 Å². The van der Waals surface area contributed by atoms with Gasteiger partial charge in [0, 0.05) is 28.8 Å². The average molecular weight is 540 g/mol. The van der Waals surface area contributed by atoms with E-state index in [1.807, 2.05) is 31.2 Å². The van der Waals surface area contributed by atoms with Crippen LogP contribution >= 0.6 is 11.6 Å². The Balaban J connectivity index is 1.60. The molecule has 1 N–H and O–H groups in total. The number of ether oxygens (including phenoxy) is 1. The van der Waals surface area contributed by atoms with E-state index in [-0.39, 0.29) is 11.8 Å². The highest BCUT2D eigenvalue weighted by molar-refractivity contribution is 6.30. The Morgan fingerprint density at radius 3 is 2.23 bits per heavy atom. The third-order valence-corrected chi connectivity index (χ3v) is 6.25. The third kappa shape index (κ3) is 5.73. The van der Waals surface area contributed by atoms with Crippen molar-refractivity contribution in [1.82, 2.24) is 9.78 Å². The average Bonchev–Trinajstić information content (AvgIpc) is 3.28. The maximum absolute atomic E-state index is 14.2. The summed E-state index contributed by atoms with van der Waals surface area (Å²) in [6.45, 7) is 3.28. The third-order valence-electron chi connectivity index (χ3n) is 6.00. The summed E-state index contributed by atoms with van der Waals surface area (Å²) < 4.78 is 21.5. The van der Waals surface area contributed by atoms with E-state index >= 15 is 0 Å². The van der Waals surface area contributed by atoms with Gasteiger partial charge in [-0.2, -0.15) is 9.78 Å². The summed E-state index contributed by atoms with van der Waals surface area (Å²) in [7, 11) is 0. The van der Waals surface area contributed by atoms with Crippen LogP contribution in [0, 0.1) is 12.7 Å². The highest BCUT2D eigenvalue weighted by atomic mass is 35.5. The van der Waals surface area contributed by atoms with E-state index in [9.17, 15) is 14.0 Å². The maximum atomic E-state index is 14.2. The highest BCUT2D eigenvalue weighted by Gasteiger charge is 2.25. The van der Waals surface area contributed by atoms with Gasteiger partial charge >= 0.3 is 5.97 Å². The van der Waals surface area contributed by atoms with Gasteiger partial charge < -0.3 is 10.1 Å². The summed E-state index contributed by atoms with van der Waals surface area (Å²) in [5, 5.41) is 8.16. The van der Waals surface area contributed by atoms with Crippen molar-refractivity contribution in [2.24, 2.45) is 0 Å². The van der Waals surface area contributed by atoms with E-state index in [1.165, 1.54) is 23.7 Å². The van der Waals surface area contributed by atoms with E-state index in [0.717, 1.165) is 5.56 Å². The van der Waals surface area contributed by atoms with Crippen molar-refractivity contribution in [3.63, 3.8) is 0 Å². The molecule has 0 fully saturated rings. The Labute approximate surface area is 229 Å². The molecule has 39 heavy (non-hydrogen) atoms. The van der Waals surface area contributed by atoms with E-state index < -0.39 is 11.8 Å². The smallest absolute Gasteiger partial charge is 0.309 e. The number of nitrogens with zero attached hydrogens (tertiary/aromatic N) is 2. The lowest BCUT2D eigenvalue weighted by Crippen LogP contribution is -2.11. The number of carbonyl (C=O) groups excluding carboxylic acids is 2. The van der Waals surface area contributed by atoms with E-state index in [2.05, 4.69) is 5.32 Å². The van der Waals surface area contributed by atoms with Gasteiger partial charge in [0.2, 0.25) is 5.88 Å². The Hall–Kier alpha value is -4.75. The van der Waals surface area contributed by atoms with Gasteiger partial charge in [-0.05, 0) is 73.2 Å². The zero-order valence-electron chi connectivity index (χ0n) is 21.1. The lowest BCUT2D eigenvalue weighted by atomic mass is 10.0. The van der Waals surface area contributed by atoms with Gasteiger partial charge in [-0.15, -0.1) is 0 Å². The largest absolute Gasteiger partial charge is 0.407 e. The predicted octanol–water partition coefficient (Wildman–Crippen LogP) is 7.48. The van der Waals surface area contributed by atoms with E-state index in [1.54, 1.807) is 60.7 Å². The first-order chi connectivity index (χ1) is 18.8. The molecule has 0 saturated carbocycles. The molecule has 1 aromatic heterocycles. The Bertz CT molecular complexity index is 1660. The lowest BCUT2D eigenvalue weighted by molar-refractivity contribution is -0.132. The molecule has 6 nitrogen and oxygen atoms in total. The van der Waals surface area contributed by atoms with Crippen LogP contribution in [0.1, 0.15) is 22.8 Å². The van der Waals surface area contributed by atoms with Crippen molar-refractivity contribution in [2.75, 3.05) is 5.32 Å². The second kappa shape index (κ2) is 10.9. The van der Waals surface area contributed by atoms with Crippen LogP contribution in [-0.2, 0) is 4.79 Å². The first-order valence-corrected chi connectivity index (χ1v) is 12.5. The van der Waals surface area contributed by atoms with Crippen molar-refractivity contribution in [2.45, 2.75) is 13.8 Å². The molecule has 4 aromatic carbocycles. The Morgan fingerprint density at radius 2 is 1.59 bits per heavy atom. The molecular formula is C31H23ClFN3O3. The Morgan fingerprint density at radius 1 is 0.897 bits per heavy atom. The Kier molecular flexibility index (Phi) is 7.25.